The van der Waals surface area contributed by atoms with Crippen LogP contribution in [0.1, 0.15) is 25.0 Å². The largest absolute Gasteiger partial charge is 0.454 e. The van der Waals surface area contributed by atoms with Crippen LogP contribution in [0.15, 0.2) is 235 Å². The van der Waals surface area contributed by atoms with Gasteiger partial charge in [-0.05, 0) is 128 Å². The molecule has 12 aromatic rings. The van der Waals surface area contributed by atoms with Crippen molar-refractivity contribution in [3.63, 3.8) is 0 Å². The van der Waals surface area contributed by atoms with Gasteiger partial charge in [0, 0.05) is 44.0 Å². The molecule has 0 radical (unpaired) electrons. The van der Waals surface area contributed by atoms with Crippen LogP contribution in [-0.4, -0.2) is 4.57 Å². The van der Waals surface area contributed by atoms with Crippen molar-refractivity contribution >= 4 is 60.8 Å². The minimum absolute atomic E-state index is 0.203. The van der Waals surface area contributed by atoms with E-state index in [1.165, 1.54) is 77.6 Å². The van der Waals surface area contributed by atoms with Gasteiger partial charge in [0.1, 0.15) is 5.58 Å². The Morgan fingerprint density at radius 3 is 1.68 bits per heavy atom. The number of rotatable bonds is 7. The summed E-state index contributed by atoms with van der Waals surface area (Å²) in [5.74, 6) is 0. The van der Waals surface area contributed by atoms with Crippen LogP contribution in [0.25, 0.3) is 93.9 Å². The van der Waals surface area contributed by atoms with Gasteiger partial charge in [0.05, 0.1) is 16.7 Å². The number of hydrogen-bond acceptors (Lipinski definition) is 2. The van der Waals surface area contributed by atoms with Gasteiger partial charge >= 0.3 is 0 Å². The van der Waals surface area contributed by atoms with Crippen LogP contribution in [0.2, 0.25) is 0 Å². The molecule has 0 aliphatic heterocycles. The van der Waals surface area contributed by atoms with Gasteiger partial charge in [-0.3, -0.25) is 0 Å². The van der Waals surface area contributed by atoms with Crippen molar-refractivity contribution in [2.45, 2.75) is 19.3 Å². The highest BCUT2D eigenvalue weighted by Gasteiger charge is 2.36. The van der Waals surface area contributed by atoms with E-state index in [1.807, 2.05) is 6.07 Å². The lowest BCUT2D eigenvalue weighted by molar-refractivity contribution is 0.660. The maximum atomic E-state index is 6.71. The molecular formula is C63H44N2O. The minimum Gasteiger partial charge on any atom is -0.454 e. The first kappa shape index (κ1) is 38.1. The molecule has 3 heteroatoms. The second-order valence-corrected chi connectivity index (χ2v) is 18.1. The first-order chi connectivity index (χ1) is 32.5. The number of anilines is 3. The van der Waals surface area contributed by atoms with Gasteiger partial charge in [-0.15, -0.1) is 0 Å². The molecule has 1 aliphatic carbocycles. The molecule has 0 saturated carbocycles. The van der Waals surface area contributed by atoms with Crippen molar-refractivity contribution in [2.75, 3.05) is 4.90 Å². The molecule has 66 heavy (non-hydrogen) atoms. The quantitative estimate of drug-likeness (QED) is 0.159. The van der Waals surface area contributed by atoms with Gasteiger partial charge in [-0.2, -0.15) is 0 Å². The predicted molar refractivity (Wildman–Crippen MR) is 277 cm³/mol. The van der Waals surface area contributed by atoms with Crippen molar-refractivity contribution in [1.29, 1.82) is 0 Å². The smallest absolute Gasteiger partial charge is 0.159 e. The van der Waals surface area contributed by atoms with Crippen LogP contribution in [0.3, 0.4) is 0 Å². The van der Waals surface area contributed by atoms with E-state index in [0.717, 1.165) is 44.6 Å². The molecule has 312 valence electrons. The Hall–Kier alpha value is -8.40. The topological polar surface area (TPSA) is 21.3 Å². The van der Waals surface area contributed by atoms with E-state index in [4.69, 9.17) is 4.42 Å². The first-order valence-electron chi connectivity index (χ1n) is 22.8. The summed E-state index contributed by atoms with van der Waals surface area (Å²) in [5.41, 5.74) is 20.8. The van der Waals surface area contributed by atoms with Gasteiger partial charge in [0.15, 0.2) is 5.58 Å². The molecule has 3 nitrogen and oxygen atoms in total. The van der Waals surface area contributed by atoms with Crippen molar-refractivity contribution in [3.8, 4) is 50.2 Å². The van der Waals surface area contributed by atoms with Crippen LogP contribution < -0.4 is 4.90 Å². The Kier molecular flexibility index (Phi) is 8.56. The van der Waals surface area contributed by atoms with Crippen LogP contribution in [0.5, 0.6) is 0 Å². The highest BCUT2D eigenvalue weighted by molar-refractivity contribution is 6.11. The number of aromatic nitrogens is 1. The molecule has 0 unspecified atom stereocenters. The Morgan fingerprint density at radius 2 is 0.909 bits per heavy atom. The molecule has 0 N–H and O–H groups in total. The third-order valence-electron chi connectivity index (χ3n) is 14.0. The molecule has 2 aromatic heterocycles. The van der Waals surface area contributed by atoms with Crippen molar-refractivity contribution in [3.05, 3.63) is 242 Å². The average molecular weight is 845 g/mol. The number of furan rings is 1. The molecule has 0 saturated heterocycles. The summed E-state index contributed by atoms with van der Waals surface area (Å²) >= 11 is 0. The fourth-order valence-electron chi connectivity index (χ4n) is 10.7. The summed E-state index contributed by atoms with van der Waals surface area (Å²) in [6.45, 7) is 4.73. The summed E-state index contributed by atoms with van der Waals surface area (Å²) in [6, 6.07) is 83.7. The second-order valence-electron chi connectivity index (χ2n) is 18.1. The third-order valence-corrected chi connectivity index (χ3v) is 14.0. The number of hydrogen-bond donors (Lipinski definition) is 0. The van der Waals surface area contributed by atoms with E-state index in [9.17, 15) is 0 Å². The zero-order valence-corrected chi connectivity index (χ0v) is 36.7. The van der Waals surface area contributed by atoms with Crippen molar-refractivity contribution < 1.29 is 4.42 Å². The highest BCUT2D eigenvalue weighted by Crippen LogP contribution is 2.52. The summed E-state index contributed by atoms with van der Waals surface area (Å²) < 4.78 is 9.08. The molecule has 0 fully saturated rings. The lowest BCUT2D eigenvalue weighted by atomic mass is 9.81. The molecule has 2 heterocycles. The first-order valence-corrected chi connectivity index (χ1v) is 22.8. The molecule has 0 atom stereocenters. The minimum atomic E-state index is -0.203. The van der Waals surface area contributed by atoms with E-state index < -0.39 is 0 Å². The Morgan fingerprint density at radius 1 is 0.379 bits per heavy atom. The number of nitrogens with zero attached hydrogens (tertiary/aromatic N) is 2. The average Bonchev–Trinajstić information content (AvgIpc) is 4.00. The fraction of sp³-hybridized carbons (Fsp3) is 0.0476. The van der Waals surface area contributed by atoms with Crippen LogP contribution in [0, 0.1) is 0 Å². The maximum absolute atomic E-state index is 6.71. The van der Waals surface area contributed by atoms with E-state index in [1.54, 1.807) is 0 Å². The molecular weight excluding hydrogens is 801 g/mol. The van der Waals surface area contributed by atoms with Crippen LogP contribution in [-0.2, 0) is 5.41 Å². The van der Waals surface area contributed by atoms with Crippen LogP contribution in [0.4, 0.5) is 17.1 Å². The summed E-state index contributed by atoms with van der Waals surface area (Å²) in [5, 5.41) is 4.73. The lowest BCUT2D eigenvalue weighted by Crippen LogP contribution is -2.16. The molecule has 0 bridgehead atoms. The summed E-state index contributed by atoms with van der Waals surface area (Å²) in [4.78, 5) is 2.37. The Labute approximate surface area is 384 Å². The van der Waals surface area contributed by atoms with Crippen LogP contribution >= 0.6 is 0 Å². The van der Waals surface area contributed by atoms with Gasteiger partial charge in [0.2, 0.25) is 0 Å². The normalized spacial score (nSPS) is 12.8. The molecule has 0 amide bonds. The summed E-state index contributed by atoms with van der Waals surface area (Å²) in [6.07, 6.45) is 0. The molecule has 10 aromatic carbocycles. The van der Waals surface area contributed by atoms with E-state index in [2.05, 4.69) is 248 Å². The van der Waals surface area contributed by atoms with Gasteiger partial charge in [-0.25, -0.2) is 0 Å². The zero-order chi connectivity index (χ0) is 43.9. The SMILES string of the molecule is CC1(C)c2cc(-c3ccccc3)ccc2-c2ccc(N(c3ccc(-c4ccc(-c5ccc6c(c5)c5ccccc5n6-c5ccccc5)cc4)cc3)c3cccc4c3oc3ccccc34)cc21. The Bertz CT molecular complexity index is 3820. The van der Waals surface area contributed by atoms with Gasteiger partial charge in [-0.1, -0.05) is 172 Å². The number of para-hydroxylation sites is 4. The zero-order valence-electron chi connectivity index (χ0n) is 36.7. The Balaban J connectivity index is 0.873. The van der Waals surface area contributed by atoms with Gasteiger partial charge < -0.3 is 13.9 Å². The second kappa shape index (κ2) is 14.8. The molecule has 0 spiro atoms. The van der Waals surface area contributed by atoms with Crippen molar-refractivity contribution in [1.82, 2.24) is 4.57 Å². The predicted octanol–water partition coefficient (Wildman–Crippen LogP) is 17.5. The van der Waals surface area contributed by atoms with Gasteiger partial charge in [0.25, 0.3) is 0 Å². The fourth-order valence-corrected chi connectivity index (χ4v) is 10.7. The lowest BCUT2D eigenvalue weighted by Gasteiger charge is -2.28. The number of benzene rings is 10. The maximum Gasteiger partial charge on any atom is 0.159 e. The van der Waals surface area contributed by atoms with E-state index in [0.29, 0.717) is 0 Å². The summed E-state index contributed by atoms with van der Waals surface area (Å²) in [7, 11) is 0. The van der Waals surface area contributed by atoms with E-state index in [-0.39, 0.29) is 5.41 Å². The third kappa shape index (κ3) is 5.97. The van der Waals surface area contributed by atoms with E-state index >= 15 is 0 Å². The van der Waals surface area contributed by atoms with Crippen molar-refractivity contribution in [2.24, 2.45) is 0 Å². The number of fused-ring (bicyclic) bond motifs is 9. The highest BCUT2D eigenvalue weighted by atomic mass is 16.3. The molecule has 1 aliphatic rings. The monoisotopic (exact) mass is 844 g/mol. The standard InChI is InChI=1S/C63H44N2O/c1-63(2)56-39-46(41-14-5-3-6-15-41)30-35-50(56)51-36-34-49(40-57(51)63)64(60-22-13-20-54-53-19-10-12-23-61(53)66-62(54)60)48-32-28-43(29-33-48)42-24-26-44(27-25-42)45-31-37-59-55(38-45)52-18-9-11-21-58(52)65(59)47-16-7-4-8-17-47/h3-40H,1-2H3. The molecule has 13 rings (SSSR count).